The minimum absolute atomic E-state index is 0.00618. The molecule has 0 radical (unpaired) electrons. The predicted octanol–water partition coefficient (Wildman–Crippen LogP) is 9.31. The molecule has 1 amide bonds. The van der Waals surface area contributed by atoms with Crippen LogP contribution in [0.25, 0.3) is 0 Å². The van der Waals surface area contributed by atoms with E-state index in [-0.39, 0.29) is 70.6 Å². The highest BCUT2D eigenvalue weighted by Crippen LogP contribution is 2.43. The predicted molar refractivity (Wildman–Crippen MR) is 165 cm³/mol. The Kier molecular flexibility index (Phi) is 11.8. The van der Waals surface area contributed by atoms with Crippen molar-refractivity contribution in [3.8, 4) is 0 Å². The van der Waals surface area contributed by atoms with Gasteiger partial charge in [0.1, 0.15) is 0 Å². The molecule has 18 heteroatoms. The van der Waals surface area contributed by atoms with E-state index >= 15 is 0 Å². The number of rotatable bonds is 10. The van der Waals surface area contributed by atoms with Crippen molar-refractivity contribution in [2.75, 3.05) is 23.9 Å². The third-order valence-electron chi connectivity index (χ3n) is 7.80. The highest BCUT2D eigenvalue weighted by molar-refractivity contribution is 9.10. The fraction of sp³-hybridized carbons (Fsp3) is 0.406. The highest BCUT2D eigenvalue weighted by atomic mass is 79.9. The molecule has 4 rings (SSSR count). The molecular weight excluding hydrogens is 755 g/mol. The first kappa shape index (κ1) is 38.5. The van der Waals surface area contributed by atoms with Gasteiger partial charge in [0, 0.05) is 25.1 Å². The average Bonchev–Trinajstić information content (AvgIpc) is 3.04. The Hall–Kier alpha value is -4.31. The number of benzene rings is 2. The molecule has 1 aromatic heterocycles. The van der Waals surface area contributed by atoms with Crippen molar-refractivity contribution in [2.45, 2.75) is 69.6 Å². The second-order valence-electron chi connectivity index (χ2n) is 11.2. The van der Waals surface area contributed by atoms with Crippen LogP contribution in [0.3, 0.4) is 0 Å². The normalized spacial score (nSPS) is 16.4. The average molecular weight is 783 g/mol. The number of aromatic nitrogens is 2. The fourth-order valence-corrected chi connectivity index (χ4v) is 5.72. The van der Waals surface area contributed by atoms with E-state index in [1.165, 1.54) is 18.2 Å². The van der Waals surface area contributed by atoms with Gasteiger partial charge in [-0.3, -0.25) is 4.90 Å². The molecule has 0 spiro atoms. The number of hydrogen-bond acceptors (Lipinski definition) is 7. The molecule has 2 heterocycles. The molecule has 8 nitrogen and oxygen atoms in total. The van der Waals surface area contributed by atoms with Gasteiger partial charge in [-0.25, -0.2) is 19.6 Å². The Balaban J connectivity index is 1.67. The zero-order valence-electron chi connectivity index (χ0n) is 26.2. The van der Waals surface area contributed by atoms with Gasteiger partial charge in [0.2, 0.25) is 5.95 Å². The molecule has 3 aromatic rings. The molecule has 270 valence electrons. The largest absolute Gasteiger partial charge is 0.490 e. The summed E-state index contributed by atoms with van der Waals surface area (Å²) in [6, 6.07) is 2.42. The lowest BCUT2D eigenvalue weighted by Gasteiger charge is -2.40. The molecule has 2 aromatic carbocycles. The van der Waals surface area contributed by atoms with Crippen LogP contribution in [-0.2, 0) is 39.2 Å². The molecule has 1 N–H and O–H groups in total. The van der Waals surface area contributed by atoms with Crippen molar-refractivity contribution >= 4 is 39.6 Å². The zero-order chi connectivity index (χ0) is 37.0. The summed E-state index contributed by atoms with van der Waals surface area (Å²) in [4.78, 5) is 33.7. The van der Waals surface area contributed by atoms with Crippen LogP contribution in [0.2, 0.25) is 0 Å². The van der Waals surface area contributed by atoms with E-state index in [0.717, 1.165) is 18.2 Å². The monoisotopic (exact) mass is 782 g/mol. The van der Waals surface area contributed by atoms with E-state index in [0.29, 0.717) is 18.6 Å². The number of fused-ring (bicyclic) bond motifs is 1. The Morgan fingerprint density at radius 3 is 2.20 bits per heavy atom. The summed E-state index contributed by atoms with van der Waals surface area (Å²) in [5.41, 5.74) is -4.24. The van der Waals surface area contributed by atoms with Gasteiger partial charge in [0.25, 0.3) is 0 Å². The molecule has 2 atom stereocenters. The number of carbonyl (C=O) groups excluding carboxylic acids is 2. The number of carbonyl (C=O) groups is 1. The van der Waals surface area contributed by atoms with Crippen LogP contribution in [0, 0.1) is 0 Å². The van der Waals surface area contributed by atoms with Crippen molar-refractivity contribution in [2.24, 2.45) is 0 Å². The quantitative estimate of drug-likeness (QED) is 0.0949. The van der Waals surface area contributed by atoms with E-state index in [1.54, 1.807) is 12.9 Å². The fourth-order valence-electron chi connectivity index (χ4n) is 5.39. The van der Waals surface area contributed by atoms with Gasteiger partial charge in [0.05, 0.1) is 52.3 Å². The van der Waals surface area contributed by atoms with Crippen molar-refractivity contribution in [3.05, 3.63) is 86.3 Å². The zero-order valence-corrected chi connectivity index (χ0v) is 27.8. The van der Waals surface area contributed by atoms with Crippen LogP contribution in [0.1, 0.15) is 72.2 Å². The molecule has 0 fully saturated rings. The first-order valence-electron chi connectivity index (χ1n) is 14.9. The lowest BCUT2D eigenvalue weighted by molar-refractivity contribution is -0.143. The van der Waals surface area contributed by atoms with Gasteiger partial charge in [-0.05, 0) is 82.7 Å². The molecule has 0 bridgehead atoms. The summed E-state index contributed by atoms with van der Waals surface area (Å²) in [6.07, 6.45) is -14.3. The van der Waals surface area contributed by atoms with Gasteiger partial charge >= 0.3 is 24.6 Å². The van der Waals surface area contributed by atoms with E-state index < -0.39 is 59.8 Å². The Morgan fingerprint density at radius 2 is 1.64 bits per heavy atom. The maximum atomic E-state index is 13.8. The van der Waals surface area contributed by atoms with Gasteiger partial charge in [-0.1, -0.05) is 6.92 Å². The number of allylic oxidation sites excluding steroid dienone is 1. The Bertz CT molecular complexity index is 1730. The summed E-state index contributed by atoms with van der Waals surface area (Å²) < 4.78 is 132. The minimum Gasteiger partial charge on any atom is -0.490 e. The van der Waals surface area contributed by atoms with E-state index in [9.17, 15) is 49.1 Å². The van der Waals surface area contributed by atoms with Crippen LogP contribution in [0.4, 0.5) is 55.9 Å². The second kappa shape index (κ2) is 15.3. The summed E-state index contributed by atoms with van der Waals surface area (Å²) in [7, 11) is 1.28. The molecular formula is C32H28BrF9N4O4. The Morgan fingerprint density at radius 1 is 1.00 bits per heavy atom. The van der Waals surface area contributed by atoms with Crippen molar-refractivity contribution < 1.29 is 58.6 Å². The summed E-state index contributed by atoms with van der Waals surface area (Å²) in [6.45, 7) is 1.61. The topological polar surface area (TPSA) is 93.7 Å². The molecule has 50 heavy (non-hydrogen) atoms. The molecule has 0 unspecified atom stereocenters. The second-order valence-corrected chi connectivity index (χ2v) is 12.0. The van der Waals surface area contributed by atoms with Crippen LogP contribution >= 0.6 is 15.9 Å². The number of anilines is 2. The smallest absolute Gasteiger partial charge is 0.416 e. The molecule has 1 aliphatic rings. The molecule has 0 saturated carbocycles. The lowest BCUT2D eigenvalue weighted by atomic mass is 9.89. The number of nitrogens with zero attached hydrogens (tertiary/aromatic N) is 3. The number of hydrogen-bond donors (Lipinski definition) is 1. The van der Waals surface area contributed by atoms with Gasteiger partial charge in [-0.2, -0.15) is 39.5 Å². The number of amides is 1. The summed E-state index contributed by atoms with van der Waals surface area (Å²) >= 11 is 3.17. The molecule has 0 aliphatic carbocycles. The molecule has 0 saturated heterocycles. The van der Waals surface area contributed by atoms with Crippen molar-refractivity contribution in [1.29, 1.82) is 0 Å². The van der Waals surface area contributed by atoms with Crippen LogP contribution in [-0.4, -0.2) is 41.8 Å². The summed E-state index contributed by atoms with van der Waals surface area (Å²) in [5, 5.41) is 2.94. The van der Waals surface area contributed by atoms with E-state index in [4.69, 9.17) is 9.47 Å². The van der Waals surface area contributed by atoms with Crippen molar-refractivity contribution in [1.82, 2.24) is 9.97 Å². The maximum Gasteiger partial charge on any atom is 0.416 e. The SMILES string of the molecule is CC[C@@H]1C[C@H](Nc2ncc(Br)c(Cc3cc(C(F)(F)F)cc(C(F)(F)F)c3)n2)c2cc(C(F)(F)F)ccc2N1C(=O)OCCCC(=C=O)OC. The lowest BCUT2D eigenvalue weighted by Crippen LogP contribution is -2.46. The first-order chi connectivity index (χ1) is 23.3. The van der Waals surface area contributed by atoms with Gasteiger partial charge < -0.3 is 14.8 Å². The van der Waals surface area contributed by atoms with Crippen LogP contribution < -0.4 is 10.2 Å². The summed E-state index contributed by atoms with van der Waals surface area (Å²) in [5.74, 6) is 1.45. The maximum absolute atomic E-state index is 13.8. The molecule has 1 aliphatic heterocycles. The van der Waals surface area contributed by atoms with Crippen molar-refractivity contribution in [3.63, 3.8) is 0 Å². The number of ether oxygens (including phenoxy) is 2. The van der Waals surface area contributed by atoms with E-state index in [2.05, 4.69) is 31.2 Å². The van der Waals surface area contributed by atoms with Gasteiger partial charge in [-0.15, -0.1) is 0 Å². The third-order valence-corrected chi connectivity index (χ3v) is 8.47. The first-order valence-corrected chi connectivity index (χ1v) is 15.7. The van der Waals surface area contributed by atoms with Gasteiger partial charge in [0.15, 0.2) is 11.7 Å². The Labute approximate surface area is 287 Å². The number of nitrogens with one attached hydrogen (secondary N) is 1. The van der Waals surface area contributed by atoms with Crippen LogP contribution in [0.5, 0.6) is 0 Å². The number of halogens is 10. The highest BCUT2D eigenvalue weighted by Gasteiger charge is 2.40. The third kappa shape index (κ3) is 9.27. The minimum atomic E-state index is -5.06. The van der Waals surface area contributed by atoms with E-state index in [1.807, 2.05) is 0 Å². The number of methoxy groups -OCH3 is 1. The van der Waals surface area contributed by atoms with Crippen LogP contribution in [0.15, 0.2) is 52.8 Å². The number of alkyl halides is 9. The standard InChI is InChI=1S/C32H28BrF9N4O4/c1-3-21-14-25(23-13-18(30(34,35)36)6-7-27(23)46(21)29(48)50-8-4-5-22(16-47)49-2)44-28-43-15-24(33)26(45-28)11-17-9-19(31(37,38)39)12-20(10-17)32(40,41)42/h6-7,9-10,12-13,15,21,25H,3-5,8,11,14H2,1-2H3,(H,43,44,45)/t21-,25+/m1/s1.